The molecule has 3 nitrogen and oxygen atoms in total. The monoisotopic (exact) mass is 277 g/mol. The van der Waals surface area contributed by atoms with E-state index in [1.54, 1.807) is 0 Å². The normalized spacial score (nSPS) is 20.6. The maximum Gasteiger partial charge on any atom is 0.162 e. The summed E-state index contributed by atoms with van der Waals surface area (Å²) in [6, 6.07) is 6.46. The summed E-state index contributed by atoms with van der Waals surface area (Å²) in [5.74, 6) is 0.918. The minimum atomic E-state index is 0.313. The van der Waals surface area contributed by atoms with Gasteiger partial charge < -0.3 is 9.84 Å². The zero-order chi connectivity index (χ0) is 14.4. The number of nitrogens with zero attached hydrogens (tertiary/aromatic N) is 1. The van der Waals surface area contributed by atoms with E-state index in [2.05, 4.69) is 11.8 Å². The fourth-order valence-corrected chi connectivity index (χ4v) is 3.09. The molecule has 112 valence electrons. The molecule has 1 aromatic carbocycles. The summed E-state index contributed by atoms with van der Waals surface area (Å²) in [6.07, 6.45) is 6.40. The van der Waals surface area contributed by atoms with Gasteiger partial charge in [-0.1, -0.05) is 31.9 Å². The van der Waals surface area contributed by atoms with Crippen molar-refractivity contribution in [3.8, 4) is 11.5 Å². The highest BCUT2D eigenvalue weighted by Gasteiger charge is 2.21. The average molecular weight is 277 g/mol. The lowest BCUT2D eigenvalue weighted by Crippen LogP contribution is -2.33. The third-order valence-electron chi connectivity index (χ3n) is 4.23. The smallest absolute Gasteiger partial charge is 0.162 e. The van der Waals surface area contributed by atoms with Gasteiger partial charge in [0, 0.05) is 18.2 Å². The lowest BCUT2D eigenvalue weighted by molar-refractivity contribution is 0.183. The van der Waals surface area contributed by atoms with Gasteiger partial charge in [-0.15, -0.1) is 0 Å². The molecule has 1 aliphatic rings. The Bertz CT molecular complexity index is 419. The van der Waals surface area contributed by atoms with Crippen molar-refractivity contribution in [3.63, 3.8) is 0 Å². The molecule has 1 saturated heterocycles. The van der Waals surface area contributed by atoms with Crippen LogP contribution in [0.2, 0.25) is 0 Å². The van der Waals surface area contributed by atoms with E-state index in [-0.39, 0.29) is 0 Å². The van der Waals surface area contributed by atoms with Gasteiger partial charge in [0.15, 0.2) is 11.5 Å². The van der Waals surface area contributed by atoms with Crippen LogP contribution in [0.1, 0.15) is 51.5 Å². The molecule has 2 rings (SSSR count). The molecule has 20 heavy (non-hydrogen) atoms. The number of phenolic OH excluding ortho intramolecular Hbond substituents is 1. The summed E-state index contributed by atoms with van der Waals surface area (Å²) in [5, 5.41) is 10.3. The Balaban J connectivity index is 2.13. The quantitative estimate of drug-likeness (QED) is 0.884. The number of aromatic hydroxyl groups is 1. The number of hydrogen-bond donors (Lipinski definition) is 1. The van der Waals surface area contributed by atoms with E-state index in [1.165, 1.54) is 32.1 Å². The van der Waals surface area contributed by atoms with Crippen molar-refractivity contribution in [2.24, 2.45) is 0 Å². The number of rotatable bonds is 5. The molecule has 0 bridgehead atoms. The van der Waals surface area contributed by atoms with E-state index in [1.807, 2.05) is 25.1 Å². The van der Waals surface area contributed by atoms with Gasteiger partial charge in [0.1, 0.15) is 0 Å². The van der Waals surface area contributed by atoms with Crippen molar-refractivity contribution in [1.29, 1.82) is 0 Å². The maximum absolute atomic E-state index is 10.3. The van der Waals surface area contributed by atoms with Gasteiger partial charge in [0.05, 0.1) is 6.61 Å². The first kappa shape index (κ1) is 15.2. The Morgan fingerprint density at radius 2 is 2.10 bits per heavy atom. The van der Waals surface area contributed by atoms with Crippen molar-refractivity contribution in [1.82, 2.24) is 4.90 Å². The van der Waals surface area contributed by atoms with Crippen molar-refractivity contribution >= 4 is 0 Å². The van der Waals surface area contributed by atoms with Crippen LogP contribution in [0.15, 0.2) is 18.2 Å². The largest absolute Gasteiger partial charge is 0.504 e. The lowest BCUT2D eigenvalue weighted by Gasteiger charge is -2.29. The molecule has 1 unspecified atom stereocenters. The first-order valence-electron chi connectivity index (χ1n) is 7.94. The van der Waals surface area contributed by atoms with Crippen molar-refractivity contribution in [3.05, 3.63) is 23.8 Å². The molecule has 1 fully saturated rings. The molecule has 1 atom stereocenters. The Labute approximate surface area is 122 Å². The molecule has 1 heterocycles. The van der Waals surface area contributed by atoms with Gasteiger partial charge in [-0.05, 0) is 38.8 Å². The zero-order valence-electron chi connectivity index (χ0n) is 12.8. The molecule has 0 aliphatic carbocycles. The number of ether oxygens (including phenoxy) is 1. The molecule has 0 spiro atoms. The second kappa shape index (κ2) is 7.53. The molecular weight excluding hydrogens is 250 g/mol. The topological polar surface area (TPSA) is 32.7 Å². The summed E-state index contributed by atoms with van der Waals surface area (Å²) in [7, 11) is 0. The van der Waals surface area contributed by atoms with E-state index in [9.17, 15) is 5.11 Å². The summed E-state index contributed by atoms with van der Waals surface area (Å²) in [4.78, 5) is 2.53. The van der Waals surface area contributed by atoms with Gasteiger partial charge in [-0.2, -0.15) is 0 Å². The number of phenols is 1. The van der Waals surface area contributed by atoms with Gasteiger partial charge in [-0.3, -0.25) is 4.90 Å². The number of likely N-dealkylation sites (tertiary alicyclic amines) is 1. The fraction of sp³-hybridized carbons (Fsp3) is 0.647. The summed E-state index contributed by atoms with van der Waals surface area (Å²) < 4.78 is 5.48. The first-order chi connectivity index (χ1) is 9.76. The summed E-state index contributed by atoms with van der Waals surface area (Å²) >= 11 is 0. The summed E-state index contributed by atoms with van der Waals surface area (Å²) in [6.45, 7) is 6.74. The average Bonchev–Trinajstić information content (AvgIpc) is 2.68. The Hall–Kier alpha value is -1.22. The Morgan fingerprint density at radius 1 is 1.25 bits per heavy atom. The van der Waals surface area contributed by atoms with Gasteiger partial charge in [-0.25, -0.2) is 0 Å². The van der Waals surface area contributed by atoms with E-state index in [0.29, 0.717) is 24.1 Å². The van der Waals surface area contributed by atoms with E-state index >= 15 is 0 Å². The molecule has 1 N–H and O–H groups in total. The highest BCUT2D eigenvalue weighted by atomic mass is 16.5. The van der Waals surface area contributed by atoms with Crippen LogP contribution < -0.4 is 4.74 Å². The van der Waals surface area contributed by atoms with Crippen LogP contribution in [0.3, 0.4) is 0 Å². The predicted octanol–water partition coefficient (Wildman–Crippen LogP) is 3.95. The van der Waals surface area contributed by atoms with Gasteiger partial charge in [0.25, 0.3) is 0 Å². The summed E-state index contributed by atoms with van der Waals surface area (Å²) in [5.41, 5.74) is 0.983. The van der Waals surface area contributed by atoms with Crippen LogP contribution >= 0.6 is 0 Å². The molecule has 0 saturated carbocycles. The van der Waals surface area contributed by atoms with Gasteiger partial charge in [0.2, 0.25) is 0 Å². The SMILES string of the molecule is CCOc1cccc(CN2CCCCCC2CC)c1O. The Morgan fingerprint density at radius 3 is 2.85 bits per heavy atom. The number of para-hydroxylation sites is 1. The fourth-order valence-electron chi connectivity index (χ4n) is 3.09. The minimum Gasteiger partial charge on any atom is -0.504 e. The van der Waals surface area contributed by atoms with Crippen LogP contribution in [-0.2, 0) is 6.54 Å². The Kier molecular flexibility index (Phi) is 5.72. The maximum atomic E-state index is 10.3. The van der Waals surface area contributed by atoms with E-state index < -0.39 is 0 Å². The van der Waals surface area contributed by atoms with Crippen LogP contribution in [0.4, 0.5) is 0 Å². The highest BCUT2D eigenvalue weighted by molar-refractivity contribution is 5.45. The third kappa shape index (κ3) is 3.66. The second-order valence-corrected chi connectivity index (χ2v) is 5.58. The molecular formula is C17H27NO2. The first-order valence-corrected chi connectivity index (χ1v) is 7.94. The third-order valence-corrected chi connectivity index (χ3v) is 4.23. The predicted molar refractivity (Wildman–Crippen MR) is 82.2 cm³/mol. The zero-order valence-corrected chi connectivity index (χ0v) is 12.8. The second-order valence-electron chi connectivity index (χ2n) is 5.58. The van der Waals surface area contributed by atoms with Crippen LogP contribution in [0, 0.1) is 0 Å². The van der Waals surface area contributed by atoms with Crippen LogP contribution in [0.25, 0.3) is 0 Å². The van der Waals surface area contributed by atoms with Crippen molar-refractivity contribution in [2.75, 3.05) is 13.2 Å². The van der Waals surface area contributed by atoms with Gasteiger partial charge >= 0.3 is 0 Å². The molecule has 0 radical (unpaired) electrons. The van der Waals surface area contributed by atoms with Crippen molar-refractivity contribution in [2.45, 2.75) is 58.5 Å². The lowest BCUT2D eigenvalue weighted by atomic mass is 10.1. The molecule has 1 aromatic rings. The molecule has 0 amide bonds. The van der Waals surface area contributed by atoms with E-state index in [0.717, 1.165) is 18.7 Å². The standard InChI is InChI=1S/C17H27NO2/c1-3-15-10-6-5-7-12-18(15)13-14-9-8-11-16(17(14)19)20-4-2/h8-9,11,15,19H,3-7,10,12-13H2,1-2H3. The highest BCUT2D eigenvalue weighted by Crippen LogP contribution is 2.32. The molecule has 0 aromatic heterocycles. The number of benzene rings is 1. The van der Waals surface area contributed by atoms with Crippen LogP contribution in [0.5, 0.6) is 11.5 Å². The van der Waals surface area contributed by atoms with Crippen molar-refractivity contribution < 1.29 is 9.84 Å². The number of hydrogen-bond acceptors (Lipinski definition) is 3. The molecule has 3 heteroatoms. The minimum absolute atomic E-state index is 0.313. The van der Waals surface area contributed by atoms with E-state index in [4.69, 9.17) is 4.74 Å². The molecule has 1 aliphatic heterocycles. The van der Waals surface area contributed by atoms with Crippen LogP contribution in [-0.4, -0.2) is 29.2 Å².